The van der Waals surface area contributed by atoms with Crippen LogP contribution in [0.2, 0.25) is 0 Å². The molecule has 130 valence electrons. The van der Waals surface area contributed by atoms with Gasteiger partial charge in [-0.05, 0) is 36.0 Å². The van der Waals surface area contributed by atoms with Gasteiger partial charge < -0.3 is 9.47 Å². The lowest BCUT2D eigenvalue weighted by atomic mass is 10.1. The minimum Gasteiger partial charge on any atom is -0.493 e. The van der Waals surface area contributed by atoms with E-state index in [-0.39, 0.29) is 17.3 Å². The Kier molecular flexibility index (Phi) is 5.82. The van der Waals surface area contributed by atoms with Crippen LogP contribution >= 0.6 is 28.1 Å². The Bertz CT molecular complexity index is 803. The molecular weight excluding hydrogens is 408 g/mol. The second-order valence-electron chi connectivity index (χ2n) is 5.09. The normalized spacial score (nSPS) is 14.5. The summed E-state index contributed by atoms with van der Waals surface area (Å²) in [6, 6.07) is 3.31. The van der Waals surface area contributed by atoms with E-state index in [0.717, 1.165) is 0 Å². The van der Waals surface area contributed by atoms with Gasteiger partial charge in [-0.15, -0.1) is 6.42 Å². The Morgan fingerprint density at radius 1 is 1.24 bits per heavy atom. The molecule has 0 radical (unpaired) electrons. The van der Waals surface area contributed by atoms with Gasteiger partial charge in [0, 0.05) is 18.6 Å². The minimum atomic E-state index is -0.466. The van der Waals surface area contributed by atoms with Crippen LogP contribution in [0.25, 0.3) is 6.08 Å². The van der Waals surface area contributed by atoms with E-state index in [1.165, 1.54) is 37.1 Å². The first-order chi connectivity index (χ1) is 11.8. The van der Waals surface area contributed by atoms with Crippen LogP contribution in [0.1, 0.15) is 5.56 Å². The first kappa shape index (κ1) is 19.0. The number of hydrogen-bond donors (Lipinski definition) is 0. The van der Waals surface area contributed by atoms with Crippen molar-refractivity contribution in [2.45, 2.75) is 0 Å². The molecule has 25 heavy (non-hydrogen) atoms. The van der Waals surface area contributed by atoms with E-state index in [0.29, 0.717) is 21.5 Å². The van der Waals surface area contributed by atoms with Crippen molar-refractivity contribution in [1.29, 1.82) is 0 Å². The monoisotopic (exact) mass is 422 g/mol. The van der Waals surface area contributed by atoms with Crippen molar-refractivity contribution < 1.29 is 19.1 Å². The Morgan fingerprint density at radius 2 is 1.84 bits per heavy atom. The van der Waals surface area contributed by atoms with Gasteiger partial charge in [-0.25, -0.2) is 0 Å². The van der Waals surface area contributed by atoms with Crippen LogP contribution in [0, 0.1) is 12.3 Å². The average molecular weight is 423 g/mol. The molecule has 0 atom stereocenters. The zero-order valence-corrected chi connectivity index (χ0v) is 16.2. The molecule has 1 saturated heterocycles. The molecule has 8 heteroatoms. The highest BCUT2D eigenvalue weighted by molar-refractivity contribution is 9.10. The number of nitrogens with zero attached hydrogens (tertiary/aromatic N) is 2. The first-order valence-electron chi connectivity index (χ1n) is 7.07. The SMILES string of the molecule is C#CCOc1cc(Br)c(C=C2C(=O)N(C)C(=S)N(C)C2=O)cc1OC. The molecule has 1 aromatic rings. The van der Waals surface area contributed by atoms with E-state index in [1.54, 1.807) is 12.1 Å². The van der Waals surface area contributed by atoms with Crippen molar-refractivity contribution >= 4 is 51.2 Å². The van der Waals surface area contributed by atoms with Gasteiger partial charge in [-0.1, -0.05) is 21.9 Å². The number of benzene rings is 1. The van der Waals surface area contributed by atoms with Crippen LogP contribution in [-0.4, -0.2) is 54.5 Å². The summed E-state index contributed by atoms with van der Waals surface area (Å²) in [4.78, 5) is 27.3. The largest absolute Gasteiger partial charge is 0.493 e. The highest BCUT2D eigenvalue weighted by Gasteiger charge is 2.35. The molecule has 0 N–H and O–H groups in total. The average Bonchev–Trinajstić information content (AvgIpc) is 2.61. The van der Waals surface area contributed by atoms with E-state index >= 15 is 0 Å². The van der Waals surface area contributed by atoms with E-state index < -0.39 is 11.8 Å². The van der Waals surface area contributed by atoms with E-state index in [4.69, 9.17) is 28.1 Å². The quantitative estimate of drug-likeness (QED) is 0.321. The van der Waals surface area contributed by atoms with Crippen LogP contribution < -0.4 is 9.47 Å². The van der Waals surface area contributed by atoms with E-state index in [2.05, 4.69) is 21.9 Å². The second kappa shape index (κ2) is 7.68. The number of carbonyl (C=O) groups excluding carboxylic acids is 2. The van der Waals surface area contributed by atoms with Crippen LogP contribution in [0.5, 0.6) is 11.5 Å². The lowest BCUT2D eigenvalue weighted by Crippen LogP contribution is -2.52. The third-order valence-electron chi connectivity index (χ3n) is 3.54. The third kappa shape index (κ3) is 3.67. The summed E-state index contributed by atoms with van der Waals surface area (Å²) < 4.78 is 11.3. The molecule has 0 aliphatic carbocycles. The molecule has 0 unspecified atom stereocenters. The lowest BCUT2D eigenvalue weighted by molar-refractivity contribution is -0.132. The van der Waals surface area contributed by atoms with Crippen molar-refractivity contribution in [3.8, 4) is 23.8 Å². The Hall–Kier alpha value is -2.37. The predicted octanol–water partition coefficient (Wildman–Crippen LogP) is 2.07. The zero-order valence-electron chi connectivity index (χ0n) is 13.8. The van der Waals surface area contributed by atoms with E-state index in [9.17, 15) is 9.59 Å². The predicted molar refractivity (Wildman–Crippen MR) is 101 cm³/mol. The van der Waals surface area contributed by atoms with Crippen LogP contribution in [0.15, 0.2) is 22.2 Å². The standard InChI is InChI=1S/C17H15BrN2O4S/c1-5-6-24-14-9-12(18)10(8-13(14)23-4)7-11-15(21)19(2)17(25)20(3)16(11)22/h1,7-9H,6H2,2-4H3. The molecule has 1 aliphatic heterocycles. The number of thiocarbonyl (C=S) groups is 1. The van der Waals surface area contributed by atoms with Gasteiger partial charge in [0.2, 0.25) is 0 Å². The minimum absolute atomic E-state index is 0.00125. The first-order valence-corrected chi connectivity index (χ1v) is 8.27. The molecular formula is C17H15BrN2O4S. The topological polar surface area (TPSA) is 59.1 Å². The van der Waals surface area contributed by atoms with Gasteiger partial charge >= 0.3 is 0 Å². The van der Waals surface area contributed by atoms with Crippen LogP contribution in [-0.2, 0) is 9.59 Å². The molecule has 0 aromatic heterocycles. The molecule has 0 spiro atoms. The molecule has 0 bridgehead atoms. The lowest BCUT2D eigenvalue weighted by Gasteiger charge is -2.31. The fourth-order valence-corrected chi connectivity index (χ4v) is 2.79. The maximum atomic E-state index is 12.4. The number of hydrogen-bond acceptors (Lipinski definition) is 5. The number of ether oxygens (including phenoxy) is 2. The molecule has 1 heterocycles. The highest BCUT2D eigenvalue weighted by atomic mass is 79.9. The van der Waals surface area contributed by atoms with Gasteiger partial charge in [0.15, 0.2) is 16.6 Å². The number of terminal acetylenes is 1. The summed E-state index contributed by atoms with van der Waals surface area (Å²) in [7, 11) is 4.53. The fraction of sp³-hybridized carbons (Fsp3) is 0.235. The van der Waals surface area contributed by atoms with Crippen LogP contribution in [0.4, 0.5) is 0 Å². The Balaban J connectivity index is 2.49. The van der Waals surface area contributed by atoms with E-state index in [1.807, 2.05) is 0 Å². The maximum Gasteiger partial charge on any atom is 0.265 e. The summed E-state index contributed by atoms with van der Waals surface area (Å²) in [6.07, 6.45) is 6.68. The zero-order chi connectivity index (χ0) is 18.7. The summed E-state index contributed by atoms with van der Waals surface area (Å²) in [5.74, 6) is 2.32. The number of methoxy groups -OCH3 is 1. The summed E-state index contributed by atoms with van der Waals surface area (Å²) in [6.45, 7) is 0.0905. The Morgan fingerprint density at radius 3 is 2.36 bits per heavy atom. The number of amides is 2. The molecule has 1 aromatic carbocycles. The maximum absolute atomic E-state index is 12.4. The Labute approximate surface area is 159 Å². The summed E-state index contributed by atoms with van der Waals surface area (Å²) >= 11 is 8.47. The number of rotatable bonds is 4. The molecule has 1 aliphatic rings. The van der Waals surface area contributed by atoms with Gasteiger partial charge in [-0.3, -0.25) is 19.4 Å². The second-order valence-corrected chi connectivity index (χ2v) is 6.31. The van der Waals surface area contributed by atoms with Crippen molar-refractivity contribution in [1.82, 2.24) is 9.80 Å². The molecule has 2 amide bonds. The summed E-state index contributed by atoms with van der Waals surface area (Å²) in [5, 5.41) is 0.154. The van der Waals surface area contributed by atoms with Gasteiger partial charge in [0.05, 0.1) is 7.11 Å². The van der Waals surface area contributed by atoms with Gasteiger partial charge in [0.25, 0.3) is 11.8 Å². The van der Waals surface area contributed by atoms with Crippen molar-refractivity contribution in [3.63, 3.8) is 0 Å². The van der Waals surface area contributed by atoms with Crippen molar-refractivity contribution in [3.05, 3.63) is 27.7 Å². The smallest absolute Gasteiger partial charge is 0.265 e. The number of carbonyl (C=O) groups is 2. The molecule has 1 fully saturated rings. The van der Waals surface area contributed by atoms with Crippen molar-refractivity contribution in [2.75, 3.05) is 27.8 Å². The molecule has 2 rings (SSSR count). The number of halogens is 1. The van der Waals surface area contributed by atoms with Crippen LogP contribution in [0.3, 0.4) is 0 Å². The van der Waals surface area contributed by atoms with Gasteiger partial charge in [-0.2, -0.15) is 0 Å². The number of likely N-dealkylation sites (N-methyl/N-ethyl adjacent to an activating group) is 2. The fourth-order valence-electron chi connectivity index (χ4n) is 2.18. The van der Waals surface area contributed by atoms with Crippen molar-refractivity contribution in [2.24, 2.45) is 0 Å². The molecule has 0 saturated carbocycles. The molecule has 6 nitrogen and oxygen atoms in total. The summed E-state index contributed by atoms with van der Waals surface area (Å²) in [5.41, 5.74) is 0.579. The van der Waals surface area contributed by atoms with Gasteiger partial charge in [0.1, 0.15) is 12.2 Å². The third-order valence-corrected chi connectivity index (χ3v) is 4.77. The highest BCUT2D eigenvalue weighted by Crippen LogP contribution is 2.35.